The van der Waals surface area contributed by atoms with Crippen LogP contribution in [0.2, 0.25) is 10.0 Å². The first-order valence-electron chi connectivity index (χ1n) is 14.6. The van der Waals surface area contributed by atoms with Gasteiger partial charge in [0, 0.05) is 47.7 Å². The van der Waals surface area contributed by atoms with Gasteiger partial charge in [-0.25, -0.2) is 14.0 Å². The van der Waals surface area contributed by atoms with E-state index in [4.69, 9.17) is 32.9 Å². The minimum absolute atomic E-state index is 0.372. The minimum Gasteiger partial charge on any atom is -0.493 e. The number of nitrogens with zero attached hydrogens (tertiary/aromatic N) is 4. The van der Waals surface area contributed by atoms with Crippen LogP contribution in [0.3, 0.4) is 0 Å². The zero-order chi connectivity index (χ0) is 31.8. The van der Waals surface area contributed by atoms with Crippen LogP contribution in [0, 0.1) is 0 Å². The summed E-state index contributed by atoms with van der Waals surface area (Å²) in [5.41, 5.74) is 7.10. The first-order valence-corrected chi connectivity index (χ1v) is 16.8. The third-order valence-corrected chi connectivity index (χ3v) is 9.84. The van der Waals surface area contributed by atoms with Gasteiger partial charge in [-0.05, 0) is 71.3 Å². The molecule has 234 valence electrons. The van der Waals surface area contributed by atoms with Crippen LogP contribution in [0.25, 0.3) is 28.1 Å². The predicted octanol–water partition coefficient (Wildman–Crippen LogP) is 6.95. The van der Waals surface area contributed by atoms with Gasteiger partial charge in [0.2, 0.25) is 5.88 Å². The highest BCUT2D eigenvalue weighted by Crippen LogP contribution is 2.32. The average Bonchev–Trinajstić information content (AvgIpc) is 3.60. The molecule has 2 aliphatic heterocycles. The molecule has 7 rings (SSSR count). The number of nitrogens with one attached hydrogen (secondary N) is 1. The Morgan fingerprint density at radius 2 is 1.46 bits per heavy atom. The zero-order valence-electron chi connectivity index (χ0n) is 24.5. The molecule has 0 aliphatic carbocycles. The molecule has 2 N–H and O–H groups in total. The van der Waals surface area contributed by atoms with Crippen molar-refractivity contribution in [3.05, 3.63) is 131 Å². The van der Waals surface area contributed by atoms with E-state index in [9.17, 15) is 13.5 Å². The lowest BCUT2D eigenvalue weighted by Gasteiger charge is -2.28. The maximum absolute atomic E-state index is 12.4. The van der Waals surface area contributed by atoms with Crippen molar-refractivity contribution in [2.24, 2.45) is 0 Å². The Bertz CT molecular complexity index is 2020. The molecule has 4 aromatic carbocycles. The van der Waals surface area contributed by atoms with Crippen molar-refractivity contribution in [2.45, 2.75) is 6.42 Å². The highest BCUT2D eigenvalue weighted by atomic mass is 35.5. The number of ether oxygens (including phenoxy) is 1. The van der Waals surface area contributed by atoms with Crippen LogP contribution < -0.4 is 13.9 Å². The van der Waals surface area contributed by atoms with Crippen LogP contribution in [0.5, 0.6) is 0 Å². The maximum atomic E-state index is 12.4. The highest BCUT2D eigenvalue weighted by molar-refractivity contribution is 7.91. The van der Waals surface area contributed by atoms with E-state index in [1.165, 1.54) is 5.69 Å². The fourth-order valence-electron chi connectivity index (χ4n) is 5.64. The first-order chi connectivity index (χ1) is 22.2. The van der Waals surface area contributed by atoms with Gasteiger partial charge in [0.05, 0.1) is 35.8 Å². The molecule has 0 atom stereocenters. The zero-order valence-corrected chi connectivity index (χ0v) is 26.8. The van der Waals surface area contributed by atoms with Crippen LogP contribution in [0.4, 0.5) is 11.4 Å². The van der Waals surface area contributed by atoms with Crippen LogP contribution in [0.15, 0.2) is 109 Å². The number of aliphatic hydroxyl groups excluding tert-OH is 1. The Morgan fingerprint density at radius 3 is 2.09 bits per heavy atom. The molecule has 12 heteroatoms. The maximum Gasteiger partial charge on any atom is 0.330 e. The van der Waals surface area contributed by atoms with E-state index < -0.39 is 16.1 Å². The summed E-state index contributed by atoms with van der Waals surface area (Å²) < 4.78 is 35.2. The Morgan fingerprint density at radius 1 is 0.826 bits per heavy atom. The summed E-state index contributed by atoms with van der Waals surface area (Å²) in [5.74, 6) is 0.325. The lowest BCUT2D eigenvalue weighted by molar-refractivity contribution is 0.122. The topological polar surface area (TPSA) is 99.9 Å². The van der Waals surface area contributed by atoms with Crippen LogP contribution >= 0.6 is 23.2 Å². The summed E-state index contributed by atoms with van der Waals surface area (Å²) in [6.07, 6.45) is 3.56. The Balaban J connectivity index is 1.17. The van der Waals surface area contributed by atoms with E-state index in [1.807, 2.05) is 16.8 Å². The van der Waals surface area contributed by atoms with Crippen LogP contribution in [-0.4, -0.2) is 49.4 Å². The van der Waals surface area contributed by atoms with Crippen molar-refractivity contribution in [3.8, 4) is 28.1 Å². The molecule has 0 bridgehead atoms. The van der Waals surface area contributed by atoms with E-state index in [0.717, 1.165) is 70.6 Å². The summed E-state index contributed by atoms with van der Waals surface area (Å²) in [7, 11) is -3.90. The third kappa shape index (κ3) is 6.17. The van der Waals surface area contributed by atoms with Crippen LogP contribution in [0.1, 0.15) is 11.4 Å². The molecule has 9 nitrogen and oxygen atoms in total. The van der Waals surface area contributed by atoms with Crippen molar-refractivity contribution in [3.63, 3.8) is 0 Å². The number of imidazole rings is 1. The molecule has 1 saturated heterocycles. The number of halogens is 2. The second-order valence-corrected chi connectivity index (χ2v) is 13.4. The van der Waals surface area contributed by atoms with E-state index >= 15 is 0 Å². The standard InChI is InChI=1S/C34H29Cl2N5O4S/c35-26-7-14-30(31(36)20-26)32-21-40(28-10-12-29(13-11-28)41-22-34(42)38-46(41,43)44)33(37-32)19-23-1-3-24(4-2-23)25-5-8-27(9-6-25)39-15-17-45-18-16-39/h1-14,20-22,38,42H,15-19H2. The molecular formula is C34H29Cl2N5O4S. The molecule has 0 radical (unpaired) electrons. The molecule has 46 heavy (non-hydrogen) atoms. The molecular weight excluding hydrogens is 645 g/mol. The van der Waals surface area contributed by atoms with Gasteiger partial charge >= 0.3 is 10.2 Å². The van der Waals surface area contributed by atoms with Crippen molar-refractivity contribution in [2.75, 3.05) is 35.5 Å². The normalized spacial score (nSPS) is 15.9. The van der Waals surface area contributed by atoms with Gasteiger partial charge in [-0.3, -0.25) is 0 Å². The van der Waals surface area contributed by atoms with Gasteiger partial charge in [-0.15, -0.1) is 0 Å². The molecule has 1 fully saturated rings. The number of benzene rings is 4. The molecule has 5 aromatic rings. The molecule has 3 heterocycles. The quantitative estimate of drug-likeness (QED) is 0.194. The Kier molecular flexibility index (Phi) is 8.12. The summed E-state index contributed by atoms with van der Waals surface area (Å²) in [5, 5.41) is 10.7. The molecule has 2 aliphatic rings. The fourth-order valence-corrected chi connectivity index (χ4v) is 7.20. The minimum atomic E-state index is -3.90. The number of aromatic nitrogens is 2. The summed E-state index contributed by atoms with van der Waals surface area (Å²) in [4.78, 5) is 7.31. The summed E-state index contributed by atoms with van der Waals surface area (Å²) in [6.45, 7) is 3.31. The monoisotopic (exact) mass is 673 g/mol. The van der Waals surface area contributed by atoms with E-state index in [0.29, 0.717) is 27.8 Å². The highest BCUT2D eigenvalue weighted by Gasteiger charge is 2.28. The van der Waals surface area contributed by atoms with Gasteiger partial charge in [0.15, 0.2) is 0 Å². The van der Waals surface area contributed by atoms with Crippen molar-refractivity contribution < 1.29 is 18.3 Å². The number of hydrogen-bond acceptors (Lipinski definition) is 6. The number of hydrogen-bond donors (Lipinski definition) is 2. The smallest absolute Gasteiger partial charge is 0.330 e. The van der Waals surface area contributed by atoms with Crippen molar-refractivity contribution in [1.29, 1.82) is 0 Å². The number of anilines is 2. The van der Waals surface area contributed by atoms with E-state index in [2.05, 4.69) is 58.2 Å². The van der Waals surface area contributed by atoms with Gasteiger partial charge in [-0.1, -0.05) is 59.6 Å². The van der Waals surface area contributed by atoms with Crippen molar-refractivity contribution >= 4 is 44.8 Å². The SMILES string of the molecule is O=S1(=O)NC(O)=CN1c1ccc(-n2cc(-c3ccc(Cl)cc3Cl)nc2Cc2ccc(-c3ccc(N4CCOCC4)cc3)cc2)cc1. The lowest BCUT2D eigenvalue weighted by atomic mass is 10.0. The average molecular weight is 675 g/mol. The fraction of sp³-hybridized carbons (Fsp3) is 0.147. The largest absolute Gasteiger partial charge is 0.493 e. The first kappa shape index (κ1) is 30.2. The Hall–Kier alpha value is -4.48. The van der Waals surface area contributed by atoms with Gasteiger partial charge < -0.3 is 19.3 Å². The molecule has 0 amide bonds. The molecule has 0 saturated carbocycles. The second-order valence-electron chi connectivity index (χ2n) is 11.0. The van der Waals surface area contributed by atoms with E-state index in [-0.39, 0.29) is 0 Å². The lowest BCUT2D eigenvalue weighted by Crippen LogP contribution is -2.36. The summed E-state index contributed by atoms with van der Waals surface area (Å²) in [6, 6.07) is 29.3. The predicted molar refractivity (Wildman–Crippen MR) is 182 cm³/mol. The van der Waals surface area contributed by atoms with Gasteiger partial charge in [0.1, 0.15) is 5.82 Å². The number of rotatable bonds is 7. The molecule has 0 unspecified atom stereocenters. The van der Waals surface area contributed by atoms with Crippen LogP contribution in [-0.2, 0) is 21.4 Å². The summed E-state index contributed by atoms with van der Waals surface area (Å²) >= 11 is 12.7. The Labute approximate surface area is 277 Å². The van der Waals surface area contributed by atoms with Gasteiger partial charge in [-0.2, -0.15) is 8.42 Å². The van der Waals surface area contributed by atoms with Crippen molar-refractivity contribution in [1.82, 2.24) is 14.3 Å². The number of aliphatic hydroxyl groups is 1. The number of morpholine rings is 1. The third-order valence-electron chi connectivity index (χ3n) is 7.99. The van der Waals surface area contributed by atoms with E-state index in [1.54, 1.807) is 36.4 Å². The van der Waals surface area contributed by atoms with Gasteiger partial charge in [0.25, 0.3) is 0 Å². The second kappa shape index (κ2) is 12.4. The molecule has 0 spiro atoms. The molecule has 1 aromatic heterocycles.